The number of hydrogen-bond donors (Lipinski definition) is 2. The molecule has 1 aromatic rings. The first-order valence-electron chi connectivity index (χ1n) is 6.84. The van der Waals surface area contributed by atoms with Crippen LogP contribution in [0, 0.1) is 5.41 Å². The summed E-state index contributed by atoms with van der Waals surface area (Å²) in [5.41, 5.74) is 0.895. The van der Waals surface area contributed by atoms with Gasteiger partial charge in [-0.2, -0.15) is 0 Å². The summed E-state index contributed by atoms with van der Waals surface area (Å²) in [4.78, 5) is 12.2. The van der Waals surface area contributed by atoms with Crippen LogP contribution in [0.1, 0.15) is 25.3 Å². The number of piperidine rings is 1. The van der Waals surface area contributed by atoms with Crippen LogP contribution in [0.15, 0.2) is 24.3 Å². The second-order valence-electron chi connectivity index (χ2n) is 5.48. The van der Waals surface area contributed by atoms with Crippen molar-refractivity contribution in [2.45, 2.75) is 26.2 Å². The smallest absolute Gasteiger partial charge is 0.227 e. The second-order valence-corrected chi connectivity index (χ2v) is 5.91. The Hall–Kier alpha value is -1.06. The highest BCUT2D eigenvalue weighted by Crippen LogP contribution is 2.25. The van der Waals surface area contributed by atoms with E-state index in [1.165, 1.54) is 0 Å². The SMILES string of the molecule is CC1(C(=O)NCCc2cccc(Cl)c2)CCCNC1. The normalized spacial score (nSPS) is 23.1. The molecule has 1 aliphatic heterocycles. The van der Waals surface area contributed by atoms with E-state index in [0.29, 0.717) is 6.54 Å². The van der Waals surface area contributed by atoms with Gasteiger partial charge in [0.1, 0.15) is 0 Å². The van der Waals surface area contributed by atoms with Crippen LogP contribution in [-0.4, -0.2) is 25.5 Å². The quantitative estimate of drug-likeness (QED) is 0.889. The van der Waals surface area contributed by atoms with E-state index in [9.17, 15) is 4.79 Å². The molecular weight excluding hydrogens is 260 g/mol. The van der Waals surface area contributed by atoms with E-state index < -0.39 is 0 Å². The predicted molar refractivity (Wildman–Crippen MR) is 78.4 cm³/mol. The van der Waals surface area contributed by atoms with E-state index in [0.717, 1.165) is 42.9 Å². The van der Waals surface area contributed by atoms with Crippen molar-refractivity contribution in [2.75, 3.05) is 19.6 Å². The molecule has 104 valence electrons. The Bertz CT molecular complexity index is 442. The van der Waals surface area contributed by atoms with Crippen molar-refractivity contribution in [3.05, 3.63) is 34.9 Å². The Morgan fingerprint density at radius 1 is 1.53 bits per heavy atom. The molecule has 3 nitrogen and oxygen atoms in total. The first-order chi connectivity index (χ1) is 9.10. The highest BCUT2D eigenvalue weighted by Gasteiger charge is 2.34. The summed E-state index contributed by atoms with van der Waals surface area (Å²) in [5, 5.41) is 7.08. The Kier molecular flexibility index (Phi) is 4.83. The number of rotatable bonds is 4. The van der Waals surface area contributed by atoms with E-state index in [-0.39, 0.29) is 11.3 Å². The minimum Gasteiger partial charge on any atom is -0.355 e. The third-order valence-corrected chi connectivity index (χ3v) is 3.97. The molecule has 1 saturated heterocycles. The lowest BCUT2D eigenvalue weighted by Crippen LogP contribution is -2.49. The van der Waals surface area contributed by atoms with Gasteiger partial charge in [0.15, 0.2) is 0 Å². The lowest BCUT2D eigenvalue weighted by atomic mass is 9.82. The van der Waals surface area contributed by atoms with Gasteiger partial charge < -0.3 is 10.6 Å². The molecule has 19 heavy (non-hydrogen) atoms. The molecule has 2 rings (SSSR count). The number of carbonyl (C=O) groups is 1. The highest BCUT2D eigenvalue weighted by atomic mass is 35.5. The zero-order valence-electron chi connectivity index (χ0n) is 11.3. The Balaban J connectivity index is 1.80. The predicted octanol–water partition coefficient (Wildman–Crippen LogP) is 2.39. The number of amides is 1. The fourth-order valence-electron chi connectivity index (χ4n) is 2.48. The lowest BCUT2D eigenvalue weighted by Gasteiger charge is -2.32. The molecule has 1 fully saturated rings. The molecular formula is C15H21ClN2O. The number of benzene rings is 1. The number of nitrogens with one attached hydrogen (secondary N) is 2. The van der Waals surface area contributed by atoms with E-state index in [2.05, 4.69) is 10.6 Å². The molecule has 0 spiro atoms. The maximum absolute atomic E-state index is 12.2. The van der Waals surface area contributed by atoms with Crippen LogP contribution in [0.25, 0.3) is 0 Å². The molecule has 1 unspecified atom stereocenters. The van der Waals surface area contributed by atoms with Crippen molar-refractivity contribution in [3.63, 3.8) is 0 Å². The average Bonchev–Trinajstić information content (AvgIpc) is 2.39. The summed E-state index contributed by atoms with van der Waals surface area (Å²) in [6.07, 6.45) is 2.84. The maximum Gasteiger partial charge on any atom is 0.227 e. The fraction of sp³-hybridized carbons (Fsp3) is 0.533. The van der Waals surface area contributed by atoms with Crippen molar-refractivity contribution in [1.82, 2.24) is 10.6 Å². The van der Waals surface area contributed by atoms with E-state index in [4.69, 9.17) is 11.6 Å². The Morgan fingerprint density at radius 3 is 3.05 bits per heavy atom. The van der Waals surface area contributed by atoms with Gasteiger partial charge in [0.05, 0.1) is 5.41 Å². The van der Waals surface area contributed by atoms with Crippen molar-refractivity contribution in [3.8, 4) is 0 Å². The van der Waals surface area contributed by atoms with Crippen LogP contribution in [0.2, 0.25) is 5.02 Å². The van der Waals surface area contributed by atoms with Crippen LogP contribution in [0.4, 0.5) is 0 Å². The van der Waals surface area contributed by atoms with Crippen molar-refractivity contribution >= 4 is 17.5 Å². The molecule has 2 N–H and O–H groups in total. The van der Waals surface area contributed by atoms with Gasteiger partial charge in [-0.25, -0.2) is 0 Å². The van der Waals surface area contributed by atoms with Crippen molar-refractivity contribution < 1.29 is 4.79 Å². The Morgan fingerprint density at radius 2 is 2.37 bits per heavy atom. The average molecular weight is 281 g/mol. The van der Waals surface area contributed by atoms with Gasteiger partial charge in [-0.1, -0.05) is 23.7 Å². The van der Waals surface area contributed by atoms with Crippen LogP contribution in [-0.2, 0) is 11.2 Å². The van der Waals surface area contributed by atoms with Gasteiger partial charge in [-0.05, 0) is 50.4 Å². The molecule has 4 heteroatoms. The minimum absolute atomic E-state index is 0.154. The second kappa shape index (κ2) is 6.40. The van der Waals surface area contributed by atoms with Crippen LogP contribution >= 0.6 is 11.6 Å². The van der Waals surface area contributed by atoms with Crippen LogP contribution in [0.5, 0.6) is 0 Å². The monoisotopic (exact) mass is 280 g/mol. The van der Waals surface area contributed by atoms with Gasteiger partial charge >= 0.3 is 0 Å². The van der Waals surface area contributed by atoms with Crippen LogP contribution in [0.3, 0.4) is 0 Å². The van der Waals surface area contributed by atoms with Gasteiger partial charge in [0, 0.05) is 18.1 Å². The van der Waals surface area contributed by atoms with Gasteiger partial charge in [0.2, 0.25) is 5.91 Å². The number of hydrogen-bond acceptors (Lipinski definition) is 2. The summed E-state index contributed by atoms with van der Waals surface area (Å²) in [6, 6.07) is 7.77. The van der Waals surface area contributed by atoms with Crippen LogP contribution < -0.4 is 10.6 Å². The zero-order valence-corrected chi connectivity index (χ0v) is 12.1. The molecule has 0 radical (unpaired) electrons. The fourth-order valence-corrected chi connectivity index (χ4v) is 2.69. The molecule has 1 aromatic carbocycles. The first-order valence-corrected chi connectivity index (χ1v) is 7.21. The molecule has 1 amide bonds. The van der Waals surface area contributed by atoms with E-state index in [1.807, 2.05) is 31.2 Å². The zero-order chi connectivity index (χ0) is 13.7. The third kappa shape index (κ3) is 3.95. The molecule has 1 atom stereocenters. The summed E-state index contributed by atoms with van der Waals surface area (Å²) in [6.45, 7) is 4.49. The Labute approximate surface area is 119 Å². The molecule has 1 aliphatic rings. The summed E-state index contributed by atoms with van der Waals surface area (Å²) >= 11 is 5.93. The largest absolute Gasteiger partial charge is 0.355 e. The maximum atomic E-state index is 12.2. The molecule has 0 aromatic heterocycles. The summed E-state index contributed by atoms with van der Waals surface area (Å²) < 4.78 is 0. The van der Waals surface area contributed by atoms with Gasteiger partial charge in [-0.3, -0.25) is 4.79 Å². The third-order valence-electron chi connectivity index (χ3n) is 3.73. The van der Waals surface area contributed by atoms with Crippen molar-refractivity contribution in [2.24, 2.45) is 5.41 Å². The molecule has 0 saturated carbocycles. The number of halogens is 1. The molecule has 0 aliphatic carbocycles. The van der Waals surface area contributed by atoms with Gasteiger partial charge in [-0.15, -0.1) is 0 Å². The molecule has 1 heterocycles. The minimum atomic E-state index is -0.257. The first kappa shape index (κ1) is 14.4. The lowest BCUT2D eigenvalue weighted by molar-refractivity contribution is -0.131. The van der Waals surface area contributed by atoms with Gasteiger partial charge in [0.25, 0.3) is 0 Å². The summed E-state index contributed by atoms with van der Waals surface area (Å²) in [7, 11) is 0. The number of carbonyl (C=O) groups excluding carboxylic acids is 1. The van der Waals surface area contributed by atoms with E-state index >= 15 is 0 Å². The van der Waals surface area contributed by atoms with Crippen molar-refractivity contribution in [1.29, 1.82) is 0 Å². The topological polar surface area (TPSA) is 41.1 Å². The van der Waals surface area contributed by atoms with E-state index in [1.54, 1.807) is 0 Å². The molecule has 0 bridgehead atoms. The standard InChI is InChI=1S/C15H21ClN2O/c1-15(7-3-8-17-11-15)14(19)18-9-6-12-4-2-5-13(16)10-12/h2,4-5,10,17H,3,6-9,11H2,1H3,(H,18,19). The highest BCUT2D eigenvalue weighted by molar-refractivity contribution is 6.30. The summed E-state index contributed by atoms with van der Waals surface area (Å²) in [5.74, 6) is 0.154.